The van der Waals surface area contributed by atoms with E-state index in [1.807, 2.05) is 30.3 Å². The molecular weight excluding hydrogens is 176 g/mol. The lowest BCUT2D eigenvalue weighted by Gasteiger charge is -2.07. The predicted octanol–water partition coefficient (Wildman–Crippen LogP) is 2.02. The van der Waals surface area contributed by atoms with E-state index in [-0.39, 0.29) is 17.5 Å². The first-order chi connectivity index (χ1) is 6.61. The van der Waals surface area contributed by atoms with Crippen LogP contribution in [0, 0.1) is 5.92 Å². The number of hydrogen-bond donors (Lipinski definition) is 0. The minimum atomic E-state index is -0.353. The van der Waals surface area contributed by atoms with Gasteiger partial charge in [0.1, 0.15) is 0 Å². The summed E-state index contributed by atoms with van der Waals surface area (Å²) in [6.07, 6.45) is 0.638. The van der Waals surface area contributed by atoms with E-state index >= 15 is 0 Å². The summed E-state index contributed by atoms with van der Waals surface area (Å²) in [6, 6.07) is 9.72. The first-order valence-corrected chi connectivity index (χ1v) is 4.70. The molecule has 0 aliphatic heterocycles. The van der Waals surface area contributed by atoms with Crippen LogP contribution in [0.4, 0.5) is 0 Å². The number of Topliss-reactive ketones (excluding diaryl/α,β-unsaturated/α-hetero) is 2. The maximum Gasteiger partial charge on any atom is 0.201 e. The van der Waals surface area contributed by atoms with E-state index in [0.717, 1.165) is 5.56 Å². The quantitative estimate of drug-likeness (QED) is 0.681. The van der Waals surface area contributed by atoms with E-state index in [4.69, 9.17) is 0 Å². The van der Waals surface area contributed by atoms with Crippen molar-refractivity contribution in [3.8, 4) is 0 Å². The van der Waals surface area contributed by atoms with Gasteiger partial charge in [-0.05, 0) is 12.0 Å². The molecule has 0 aliphatic carbocycles. The summed E-state index contributed by atoms with van der Waals surface area (Å²) in [7, 11) is 0. The molecule has 0 radical (unpaired) electrons. The molecule has 14 heavy (non-hydrogen) atoms. The minimum Gasteiger partial charge on any atom is -0.291 e. The highest BCUT2D eigenvalue weighted by Gasteiger charge is 2.17. The van der Waals surface area contributed by atoms with Gasteiger partial charge in [-0.15, -0.1) is 0 Å². The Morgan fingerprint density at radius 2 is 1.79 bits per heavy atom. The normalized spacial score (nSPS) is 12.1. The molecule has 0 amide bonds. The molecule has 2 nitrogen and oxygen atoms in total. The average molecular weight is 190 g/mol. The van der Waals surface area contributed by atoms with Crippen molar-refractivity contribution in [2.75, 3.05) is 0 Å². The third-order valence-electron chi connectivity index (χ3n) is 2.18. The summed E-state index contributed by atoms with van der Waals surface area (Å²) >= 11 is 0. The van der Waals surface area contributed by atoms with Crippen molar-refractivity contribution >= 4 is 11.6 Å². The molecule has 1 aromatic rings. The molecule has 0 bridgehead atoms. The average Bonchev–Trinajstić information content (AvgIpc) is 2.18. The van der Waals surface area contributed by atoms with Gasteiger partial charge in [0.15, 0.2) is 5.78 Å². The zero-order chi connectivity index (χ0) is 10.6. The molecular formula is C12H14O2. The van der Waals surface area contributed by atoms with Gasteiger partial charge in [0.2, 0.25) is 5.78 Å². The molecule has 0 N–H and O–H groups in total. The van der Waals surface area contributed by atoms with Gasteiger partial charge in [-0.2, -0.15) is 0 Å². The zero-order valence-corrected chi connectivity index (χ0v) is 8.49. The Bertz CT molecular complexity index is 327. The fourth-order valence-electron chi connectivity index (χ4n) is 1.41. The molecule has 2 heteroatoms. The Balaban J connectivity index is 2.62. The van der Waals surface area contributed by atoms with Gasteiger partial charge in [0, 0.05) is 12.8 Å². The molecule has 1 aromatic carbocycles. The molecule has 0 saturated carbocycles. The van der Waals surface area contributed by atoms with Gasteiger partial charge < -0.3 is 0 Å². The van der Waals surface area contributed by atoms with E-state index in [9.17, 15) is 9.59 Å². The number of rotatable bonds is 4. The zero-order valence-electron chi connectivity index (χ0n) is 8.49. The molecule has 0 heterocycles. The fraction of sp³-hybridized carbons (Fsp3) is 0.333. The topological polar surface area (TPSA) is 34.1 Å². The van der Waals surface area contributed by atoms with Crippen LogP contribution in [-0.4, -0.2) is 11.6 Å². The number of carbonyl (C=O) groups is 2. The largest absolute Gasteiger partial charge is 0.291 e. The SMILES string of the molecule is CC(=O)C(=O)C(C)Cc1ccccc1. The second-order valence-electron chi connectivity index (χ2n) is 3.51. The van der Waals surface area contributed by atoms with E-state index in [1.54, 1.807) is 6.92 Å². The summed E-state index contributed by atoms with van der Waals surface area (Å²) in [5.41, 5.74) is 1.09. The van der Waals surface area contributed by atoms with Crippen LogP contribution < -0.4 is 0 Å². The lowest BCUT2D eigenvalue weighted by Crippen LogP contribution is -2.20. The van der Waals surface area contributed by atoms with Crippen LogP contribution in [0.1, 0.15) is 19.4 Å². The third kappa shape index (κ3) is 2.80. The van der Waals surface area contributed by atoms with E-state index in [0.29, 0.717) is 6.42 Å². The van der Waals surface area contributed by atoms with E-state index in [2.05, 4.69) is 0 Å². The van der Waals surface area contributed by atoms with Crippen LogP contribution in [0.15, 0.2) is 30.3 Å². The fourth-order valence-corrected chi connectivity index (χ4v) is 1.41. The van der Waals surface area contributed by atoms with Gasteiger partial charge in [0.05, 0.1) is 0 Å². The van der Waals surface area contributed by atoms with E-state index in [1.165, 1.54) is 6.92 Å². The first kappa shape index (κ1) is 10.6. The van der Waals surface area contributed by atoms with Gasteiger partial charge in [-0.3, -0.25) is 9.59 Å². The van der Waals surface area contributed by atoms with Crippen LogP contribution in [-0.2, 0) is 16.0 Å². The monoisotopic (exact) mass is 190 g/mol. The van der Waals surface area contributed by atoms with Crippen molar-refractivity contribution in [3.63, 3.8) is 0 Å². The lowest BCUT2D eigenvalue weighted by molar-refractivity contribution is -0.137. The smallest absolute Gasteiger partial charge is 0.201 e. The van der Waals surface area contributed by atoms with Gasteiger partial charge in [-0.25, -0.2) is 0 Å². The standard InChI is InChI=1S/C12H14O2/c1-9(12(14)10(2)13)8-11-6-4-3-5-7-11/h3-7,9H,8H2,1-2H3. The summed E-state index contributed by atoms with van der Waals surface area (Å²) < 4.78 is 0. The van der Waals surface area contributed by atoms with Crippen molar-refractivity contribution in [1.82, 2.24) is 0 Å². The van der Waals surface area contributed by atoms with Crippen molar-refractivity contribution in [2.45, 2.75) is 20.3 Å². The van der Waals surface area contributed by atoms with Crippen molar-refractivity contribution < 1.29 is 9.59 Å². The summed E-state index contributed by atoms with van der Waals surface area (Å²) in [4.78, 5) is 22.1. The van der Waals surface area contributed by atoms with Crippen LogP contribution in [0.5, 0.6) is 0 Å². The molecule has 1 unspecified atom stereocenters. The lowest BCUT2D eigenvalue weighted by atomic mass is 9.95. The Morgan fingerprint density at radius 3 is 2.29 bits per heavy atom. The van der Waals surface area contributed by atoms with Crippen molar-refractivity contribution in [2.24, 2.45) is 5.92 Å². The molecule has 0 fully saturated rings. The van der Waals surface area contributed by atoms with Crippen molar-refractivity contribution in [1.29, 1.82) is 0 Å². The van der Waals surface area contributed by atoms with Gasteiger partial charge in [-0.1, -0.05) is 37.3 Å². The van der Waals surface area contributed by atoms with Crippen LogP contribution in [0.25, 0.3) is 0 Å². The Labute approximate surface area is 83.9 Å². The van der Waals surface area contributed by atoms with Crippen LogP contribution >= 0.6 is 0 Å². The summed E-state index contributed by atoms with van der Waals surface area (Å²) in [6.45, 7) is 3.11. The molecule has 0 saturated heterocycles. The highest BCUT2D eigenvalue weighted by atomic mass is 16.2. The molecule has 0 aliphatic rings. The van der Waals surface area contributed by atoms with Crippen LogP contribution in [0.2, 0.25) is 0 Å². The molecule has 1 rings (SSSR count). The van der Waals surface area contributed by atoms with Crippen molar-refractivity contribution in [3.05, 3.63) is 35.9 Å². The second kappa shape index (κ2) is 4.70. The van der Waals surface area contributed by atoms with Crippen LogP contribution in [0.3, 0.4) is 0 Å². The minimum absolute atomic E-state index is 0.213. The number of carbonyl (C=O) groups excluding carboxylic acids is 2. The Morgan fingerprint density at radius 1 is 1.21 bits per heavy atom. The number of ketones is 2. The molecule has 0 spiro atoms. The predicted molar refractivity (Wildman–Crippen MR) is 55.0 cm³/mol. The molecule has 0 aromatic heterocycles. The second-order valence-corrected chi connectivity index (χ2v) is 3.51. The first-order valence-electron chi connectivity index (χ1n) is 4.70. The maximum absolute atomic E-state index is 11.3. The number of benzene rings is 1. The number of hydrogen-bond acceptors (Lipinski definition) is 2. The summed E-state index contributed by atoms with van der Waals surface area (Å²) in [5.74, 6) is -0.850. The van der Waals surface area contributed by atoms with Gasteiger partial charge >= 0.3 is 0 Å². The molecule has 74 valence electrons. The third-order valence-corrected chi connectivity index (χ3v) is 2.18. The maximum atomic E-state index is 11.3. The summed E-state index contributed by atoms with van der Waals surface area (Å²) in [5, 5.41) is 0. The van der Waals surface area contributed by atoms with E-state index < -0.39 is 0 Å². The Kier molecular flexibility index (Phi) is 3.57. The van der Waals surface area contributed by atoms with Gasteiger partial charge in [0.25, 0.3) is 0 Å². The molecule has 1 atom stereocenters. The highest BCUT2D eigenvalue weighted by Crippen LogP contribution is 2.09. The highest BCUT2D eigenvalue weighted by molar-refractivity contribution is 6.36. The Hall–Kier alpha value is -1.44.